The second-order valence-electron chi connectivity index (χ2n) is 6.91. The zero-order valence-corrected chi connectivity index (χ0v) is 15.1. The first kappa shape index (κ1) is 17.4. The highest BCUT2D eigenvalue weighted by atomic mass is 19.1. The van der Waals surface area contributed by atoms with Crippen molar-refractivity contribution in [3.8, 4) is 0 Å². The third kappa shape index (κ3) is 3.47. The number of nitrogens with zero attached hydrogens (tertiary/aromatic N) is 3. The van der Waals surface area contributed by atoms with Gasteiger partial charge in [-0.1, -0.05) is 30.3 Å². The summed E-state index contributed by atoms with van der Waals surface area (Å²) in [6, 6.07) is 13.7. The van der Waals surface area contributed by atoms with E-state index in [1.807, 2.05) is 6.07 Å². The van der Waals surface area contributed by atoms with Gasteiger partial charge in [0.15, 0.2) is 0 Å². The fourth-order valence-corrected chi connectivity index (χ4v) is 3.31. The minimum atomic E-state index is -0.323. The molecule has 0 atom stereocenters. The Bertz CT molecular complexity index is 1070. The molecule has 0 spiro atoms. The predicted molar refractivity (Wildman–Crippen MR) is 101 cm³/mol. The lowest BCUT2D eigenvalue weighted by molar-refractivity contribution is -0.133. The molecule has 27 heavy (non-hydrogen) atoms. The van der Waals surface area contributed by atoms with Gasteiger partial charge in [-0.3, -0.25) is 14.2 Å². The summed E-state index contributed by atoms with van der Waals surface area (Å²) in [5, 5.41) is 0.489. The molecule has 1 saturated carbocycles. The molecule has 1 heterocycles. The summed E-state index contributed by atoms with van der Waals surface area (Å²) >= 11 is 0. The van der Waals surface area contributed by atoms with Crippen LogP contribution in [0.2, 0.25) is 0 Å². The van der Waals surface area contributed by atoms with Crippen LogP contribution in [0.1, 0.15) is 24.2 Å². The Labute approximate surface area is 156 Å². The van der Waals surface area contributed by atoms with Gasteiger partial charge in [-0.25, -0.2) is 9.37 Å². The van der Waals surface area contributed by atoms with Crippen LogP contribution in [0.15, 0.2) is 53.3 Å². The molecule has 1 aliphatic carbocycles. The van der Waals surface area contributed by atoms with Crippen LogP contribution < -0.4 is 5.56 Å². The van der Waals surface area contributed by atoms with Gasteiger partial charge in [0.05, 0.1) is 10.9 Å². The quantitative estimate of drug-likeness (QED) is 0.698. The summed E-state index contributed by atoms with van der Waals surface area (Å²) < 4.78 is 15.4. The molecule has 0 aliphatic heterocycles. The van der Waals surface area contributed by atoms with Crippen molar-refractivity contribution >= 4 is 16.8 Å². The number of fused-ring (bicyclic) bond motifs is 1. The largest absolute Gasteiger partial charge is 0.334 e. The van der Waals surface area contributed by atoms with Crippen LogP contribution in [0, 0.1) is 12.7 Å². The Balaban J connectivity index is 1.63. The van der Waals surface area contributed by atoms with Crippen molar-refractivity contribution in [1.82, 2.24) is 14.5 Å². The Morgan fingerprint density at radius 2 is 1.89 bits per heavy atom. The lowest BCUT2D eigenvalue weighted by atomic mass is 10.2. The number of hydrogen-bond donors (Lipinski definition) is 0. The highest BCUT2D eigenvalue weighted by Gasteiger charge is 2.33. The van der Waals surface area contributed by atoms with Crippen LogP contribution in [0.4, 0.5) is 4.39 Å². The molecule has 1 fully saturated rings. The van der Waals surface area contributed by atoms with Gasteiger partial charge in [-0.05, 0) is 38.0 Å². The highest BCUT2D eigenvalue weighted by Crippen LogP contribution is 2.29. The van der Waals surface area contributed by atoms with Crippen LogP contribution in [0.5, 0.6) is 0 Å². The van der Waals surface area contributed by atoms with E-state index >= 15 is 0 Å². The molecule has 138 valence electrons. The van der Waals surface area contributed by atoms with Gasteiger partial charge in [-0.15, -0.1) is 0 Å². The number of amides is 1. The Kier molecular flexibility index (Phi) is 4.48. The smallest absolute Gasteiger partial charge is 0.261 e. The summed E-state index contributed by atoms with van der Waals surface area (Å²) in [5.74, 6) is -0.0200. The summed E-state index contributed by atoms with van der Waals surface area (Å²) in [6.45, 7) is 1.85. The first-order chi connectivity index (χ1) is 13.0. The van der Waals surface area contributed by atoms with E-state index in [0.717, 1.165) is 12.8 Å². The van der Waals surface area contributed by atoms with Crippen molar-refractivity contribution in [3.63, 3.8) is 0 Å². The van der Waals surface area contributed by atoms with Gasteiger partial charge in [-0.2, -0.15) is 0 Å². The zero-order chi connectivity index (χ0) is 19.0. The second kappa shape index (κ2) is 6.95. The van der Waals surface area contributed by atoms with E-state index in [0.29, 0.717) is 22.3 Å². The number of carbonyl (C=O) groups is 1. The lowest BCUT2D eigenvalue weighted by Crippen LogP contribution is -2.38. The Morgan fingerprint density at radius 1 is 1.19 bits per heavy atom. The fourth-order valence-electron chi connectivity index (χ4n) is 3.31. The molecular formula is C21H20FN3O2. The maximum Gasteiger partial charge on any atom is 0.261 e. The van der Waals surface area contributed by atoms with E-state index in [1.54, 1.807) is 48.2 Å². The van der Waals surface area contributed by atoms with Crippen molar-refractivity contribution in [2.45, 2.75) is 38.9 Å². The number of carbonyl (C=O) groups excluding carboxylic acids is 1. The van der Waals surface area contributed by atoms with Gasteiger partial charge in [0.25, 0.3) is 5.56 Å². The number of benzene rings is 2. The minimum Gasteiger partial charge on any atom is -0.334 e. The highest BCUT2D eigenvalue weighted by molar-refractivity contribution is 5.79. The van der Waals surface area contributed by atoms with Crippen LogP contribution in [0.3, 0.4) is 0 Å². The van der Waals surface area contributed by atoms with Crippen LogP contribution >= 0.6 is 0 Å². The van der Waals surface area contributed by atoms with Crippen molar-refractivity contribution < 1.29 is 9.18 Å². The molecule has 0 unspecified atom stereocenters. The molecule has 6 heteroatoms. The van der Waals surface area contributed by atoms with Crippen molar-refractivity contribution in [2.24, 2.45) is 0 Å². The third-order valence-corrected chi connectivity index (χ3v) is 4.95. The molecule has 0 bridgehead atoms. The number of para-hydroxylation sites is 1. The maximum atomic E-state index is 14.0. The topological polar surface area (TPSA) is 55.2 Å². The molecule has 0 N–H and O–H groups in total. The van der Waals surface area contributed by atoms with Crippen molar-refractivity contribution in [3.05, 3.63) is 76.1 Å². The first-order valence-electron chi connectivity index (χ1n) is 9.03. The second-order valence-corrected chi connectivity index (χ2v) is 6.91. The van der Waals surface area contributed by atoms with E-state index < -0.39 is 0 Å². The molecule has 4 rings (SSSR count). The molecule has 0 radical (unpaired) electrons. The summed E-state index contributed by atoms with van der Waals surface area (Å²) in [7, 11) is 0. The molecule has 2 aromatic carbocycles. The average molecular weight is 365 g/mol. The van der Waals surface area contributed by atoms with Crippen molar-refractivity contribution in [1.29, 1.82) is 0 Å². The number of aromatic nitrogens is 2. The van der Waals surface area contributed by atoms with Gasteiger partial charge in [0.1, 0.15) is 18.2 Å². The molecular weight excluding hydrogens is 345 g/mol. The standard InChI is InChI=1S/C21H20FN3O2/c1-14-23-19-9-5-3-7-17(19)21(27)24(14)13-20(26)25(16-10-11-16)12-15-6-2-4-8-18(15)22/h2-9,16H,10-13H2,1H3. The number of hydrogen-bond acceptors (Lipinski definition) is 3. The van der Waals surface area contributed by atoms with E-state index in [1.165, 1.54) is 10.6 Å². The summed E-state index contributed by atoms with van der Waals surface area (Å²) in [4.78, 5) is 31.9. The van der Waals surface area contributed by atoms with E-state index in [9.17, 15) is 14.0 Å². The lowest BCUT2D eigenvalue weighted by Gasteiger charge is -2.24. The SMILES string of the molecule is Cc1nc2ccccc2c(=O)n1CC(=O)N(Cc1ccccc1F)C1CC1. The summed E-state index contributed by atoms with van der Waals surface area (Å²) in [6.07, 6.45) is 1.81. The van der Waals surface area contributed by atoms with Crippen LogP contribution in [-0.2, 0) is 17.9 Å². The summed E-state index contributed by atoms with van der Waals surface area (Å²) in [5.41, 5.74) is 0.876. The van der Waals surface area contributed by atoms with E-state index in [4.69, 9.17) is 0 Å². The number of aryl methyl sites for hydroxylation is 1. The number of rotatable bonds is 5. The van der Waals surface area contributed by atoms with E-state index in [-0.39, 0.29) is 36.4 Å². The molecule has 1 aromatic heterocycles. The zero-order valence-electron chi connectivity index (χ0n) is 15.1. The molecule has 5 nitrogen and oxygen atoms in total. The average Bonchev–Trinajstić information content (AvgIpc) is 3.49. The van der Waals surface area contributed by atoms with Crippen LogP contribution in [0.25, 0.3) is 10.9 Å². The molecule has 3 aromatic rings. The Hall–Kier alpha value is -3.02. The Morgan fingerprint density at radius 3 is 2.63 bits per heavy atom. The van der Waals surface area contributed by atoms with Gasteiger partial charge >= 0.3 is 0 Å². The van der Waals surface area contributed by atoms with Gasteiger partial charge in [0, 0.05) is 18.2 Å². The first-order valence-corrected chi connectivity index (χ1v) is 9.03. The van der Waals surface area contributed by atoms with Gasteiger partial charge < -0.3 is 4.90 Å². The number of halogens is 1. The monoisotopic (exact) mass is 365 g/mol. The van der Waals surface area contributed by atoms with E-state index in [2.05, 4.69) is 4.98 Å². The minimum absolute atomic E-state index is 0.0898. The molecule has 1 aliphatic rings. The maximum absolute atomic E-state index is 14.0. The predicted octanol–water partition coefficient (Wildman–Crippen LogP) is 3.04. The fraction of sp³-hybridized carbons (Fsp3) is 0.286. The normalized spacial score (nSPS) is 13.7. The van der Waals surface area contributed by atoms with Gasteiger partial charge in [0.2, 0.25) is 5.91 Å². The third-order valence-electron chi connectivity index (χ3n) is 4.95. The van der Waals surface area contributed by atoms with Crippen LogP contribution in [-0.4, -0.2) is 26.4 Å². The van der Waals surface area contributed by atoms with Crippen molar-refractivity contribution in [2.75, 3.05) is 0 Å². The molecule has 0 saturated heterocycles. The molecule has 1 amide bonds.